The van der Waals surface area contributed by atoms with E-state index in [9.17, 15) is 4.79 Å². The SMILES string of the molecule is O=C(O)c1cc(Br)cnc1-n1cnnn1. The van der Waals surface area contributed by atoms with Gasteiger partial charge in [-0.1, -0.05) is 0 Å². The van der Waals surface area contributed by atoms with E-state index in [0.29, 0.717) is 4.47 Å². The largest absolute Gasteiger partial charge is 0.478 e. The van der Waals surface area contributed by atoms with Crippen LogP contribution in [0.5, 0.6) is 0 Å². The molecule has 0 atom stereocenters. The zero-order valence-electron chi connectivity index (χ0n) is 7.20. The fraction of sp³-hybridized carbons (Fsp3) is 0. The van der Waals surface area contributed by atoms with Crippen LogP contribution in [0, 0.1) is 0 Å². The summed E-state index contributed by atoms with van der Waals surface area (Å²) in [5.74, 6) is -0.912. The Labute approximate surface area is 91.9 Å². The van der Waals surface area contributed by atoms with E-state index >= 15 is 0 Å². The van der Waals surface area contributed by atoms with Crippen molar-refractivity contribution in [1.29, 1.82) is 0 Å². The highest BCUT2D eigenvalue weighted by molar-refractivity contribution is 9.10. The number of pyridine rings is 1. The van der Waals surface area contributed by atoms with Gasteiger partial charge in [0, 0.05) is 10.7 Å². The molecule has 0 unspecified atom stereocenters. The molecule has 7 nitrogen and oxygen atoms in total. The van der Waals surface area contributed by atoms with Gasteiger partial charge in [0.25, 0.3) is 0 Å². The average Bonchev–Trinajstić information content (AvgIpc) is 2.70. The second-order valence-electron chi connectivity index (χ2n) is 2.58. The zero-order chi connectivity index (χ0) is 10.8. The first-order chi connectivity index (χ1) is 7.18. The number of nitrogens with zero attached hydrogens (tertiary/aromatic N) is 5. The molecule has 2 aromatic rings. The van der Waals surface area contributed by atoms with Crippen LogP contribution in [-0.4, -0.2) is 36.3 Å². The van der Waals surface area contributed by atoms with Crippen LogP contribution in [0.2, 0.25) is 0 Å². The van der Waals surface area contributed by atoms with E-state index in [0.717, 1.165) is 0 Å². The van der Waals surface area contributed by atoms with Crippen LogP contribution in [0.4, 0.5) is 0 Å². The Balaban J connectivity index is 2.61. The van der Waals surface area contributed by atoms with Gasteiger partial charge in [-0.25, -0.2) is 9.78 Å². The molecular weight excluding hydrogens is 266 g/mol. The number of aromatic carboxylic acids is 1. The van der Waals surface area contributed by atoms with Crippen molar-refractivity contribution in [1.82, 2.24) is 25.2 Å². The van der Waals surface area contributed by atoms with Crippen molar-refractivity contribution in [3.8, 4) is 5.82 Å². The molecule has 0 spiro atoms. The number of aromatic nitrogens is 5. The number of carboxylic acid groups (broad SMARTS) is 1. The van der Waals surface area contributed by atoms with Gasteiger partial charge in [-0.3, -0.25) is 0 Å². The molecule has 0 amide bonds. The molecule has 76 valence electrons. The van der Waals surface area contributed by atoms with Crippen LogP contribution in [-0.2, 0) is 0 Å². The van der Waals surface area contributed by atoms with Gasteiger partial charge in [0.2, 0.25) is 0 Å². The van der Waals surface area contributed by atoms with E-state index in [1.807, 2.05) is 0 Å². The molecule has 15 heavy (non-hydrogen) atoms. The summed E-state index contributed by atoms with van der Waals surface area (Å²) in [6, 6.07) is 1.44. The first kappa shape index (κ1) is 9.71. The Hall–Kier alpha value is -1.83. The van der Waals surface area contributed by atoms with E-state index in [1.165, 1.54) is 23.3 Å². The highest BCUT2D eigenvalue weighted by Crippen LogP contribution is 2.16. The third-order valence-corrected chi connectivity index (χ3v) is 2.06. The number of hydrogen-bond donors (Lipinski definition) is 1. The monoisotopic (exact) mass is 269 g/mol. The lowest BCUT2D eigenvalue weighted by atomic mass is 10.2. The van der Waals surface area contributed by atoms with E-state index in [2.05, 4.69) is 36.4 Å². The number of rotatable bonds is 2. The van der Waals surface area contributed by atoms with Gasteiger partial charge in [0.05, 0.1) is 0 Å². The average molecular weight is 270 g/mol. The van der Waals surface area contributed by atoms with Gasteiger partial charge in [-0.15, -0.1) is 5.10 Å². The Kier molecular flexibility index (Phi) is 2.42. The Bertz CT molecular complexity index is 498. The fourth-order valence-corrected chi connectivity index (χ4v) is 1.36. The number of tetrazole rings is 1. The van der Waals surface area contributed by atoms with Crippen LogP contribution in [0.1, 0.15) is 10.4 Å². The first-order valence-corrected chi connectivity index (χ1v) is 4.60. The van der Waals surface area contributed by atoms with Crippen molar-refractivity contribution in [3.05, 3.63) is 28.6 Å². The summed E-state index contributed by atoms with van der Waals surface area (Å²) in [6.07, 6.45) is 2.76. The van der Waals surface area contributed by atoms with E-state index < -0.39 is 5.97 Å². The minimum absolute atomic E-state index is 0.0247. The van der Waals surface area contributed by atoms with Crippen molar-refractivity contribution < 1.29 is 9.90 Å². The molecule has 0 aliphatic carbocycles. The predicted molar refractivity (Wildman–Crippen MR) is 51.6 cm³/mol. The highest BCUT2D eigenvalue weighted by atomic mass is 79.9. The van der Waals surface area contributed by atoms with Crippen LogP contribution < -0.4 is 0 Å². The summed E-state index contributed by atoms with van der Waals surface area (Å²) in [6.45, 7) is 0. The maximum Gasteiger partial charge on any atom is 0.339 e. The maximum atomic E-state index is 10.9. The van der Waals surface area contributed by atoms with Gasteiger partial charge in [-0.05, 0) is 32.4 Å². The number of carbonyl (C=O) groups is 1. The maximum absolute atomic E-state index is 10.9. The fourth-order valence-electron chi connectivity index (χ4n) is 1.03. The number of carboxylic acids is 1. The summed E-state index contributed by atoms with van der Waals surface area (Å²) in [7, 11) is 0. The Morgan fingerprint density at radius 1 is 1.53 bits per heavy atom. The van der Waals surface area contributed by atoms with Gasteiger partial charge in [-0.2, -0.15) is 4.68 Å². The van der Waals surface area contributed by atoms with E-state index in [4.69, 9.17) is 5.11 Å². The van der Waals surface area contributed by atoms with Crippen LogP contribution in [0.25, 0.3) is 5.82 Å². The molecule has 0 saturated carbocycles. The molecule has 8 heteroatoms. The van der Waals surface area contributed by atoms with E-state index in [-0.39, 0.29) is 11.4 Å². The van der Waals surface area contributed by atoms with Crippen LogP contribution in [0.15, 0.2) is 23.1 Å². The standard InChI is InChI=1S/C7H4BrN5O2/c8-4-1-5(7(14)15)6(9-2-4)13-3-10-11-12-13/h1-3H,(H,14,15). The van der Waals surface area contributed by atoms with Crippen molar-refractivity contribution in [3.63, 3.8) is 0 Å². The minimum atomic E-state index is -1.09. The quantitative estimate of drug-likeness (QED) is 0.854. The molecule has 1 N–H and O–H groups in total. The highest BCUT2D eigenvalue weighted by Gasteiger charge is 2.14. The molecule has 2 heterocycles. The molecule has 2 rings (SSSR count). The second kappa shape index (κ2) is 3.73. The number of halogens is 1. The van der Waals surface area contributed by atoms with Crippen molar-refractivity contribution >= 4 is 21.9 Å². The predicted octanol–water partition coefficient (Wildman–Crippen LogP) is 0.518. The Morgan fingerprint density at radius 3 is 2.93 bits per heavy atom. The van der Waals surface area contributed by atoms with Gasteiger partial charge in [0.15, 0.2) is 5.82 Å². The van der Waals surface area contributed by atoms with Crippen molar-refractivity contribution in [2.24, 2.45) is 0 Å². The summed E-state index contributed by atoms with van der Waals surface area (Å²) < 4.78 is 1.77. The second-order valence-corrected chi connectivity index (χ2v) is 3.50. The molecule has 0 bridgehead atoms. The summed E-state index contributed by atoms with van der Waals surface area (Å²) >= 11 is 3.14. The molecule has 0 aromatic carbocycles. The van der Waals surface area contributed by atoms with E-state index in [1.54, 1.807) is 0 Å². The molecule has 0 fully saturated rings. The first-order valence-electron chi connectivity index (χ1n) is 3.80. The van der Waals surface area contributed by atoms with Crippen LogP contribution >= 0.6 is 15.9 Å². The molecule has 0 radical (unpaired) electrons. The molecule has 0 saturated heterocycles. The number of hydrogen-bond acceptors (Lipinski definition) is 5. The molecule has 0 aliphatic heterocycles. The summed E-state index contributed by atoms with van der Waals surface area (Å²) in [5, 5.41) is 19.3. The van der Waals surface area contributed by atoms with Crippen LogP contribution in [0.3, 0.4) is 0 Å². The van der Waals surface area contributed by atoms with Crippen molar-refractivity contribution in [2.45, 2.75) is 0 Å². The lowest BCUT2D eigenvalue weighted by molar-refractivity contribution is 0.0696. The Morgan fingerprint density at radius 2 is 2.33 bits per heavy atom. The van der Waals surface area contributed by atoms with Gasteiger partial charge in [0.1, 0.15) is 11.9 Å². The topological polar surface area (TPSA) is 93.8 Å². The van der Waals surface area contributed by atoms with Gasteiger partial charge < -0.3 is 5.11 Å². The normalized spacial score (nSPS) is 10.2. The molecular formula is C7H4BrN5O2. The van der Waals surface area contributed by atoms with Crippen molar-refractivity contribution in [2.75, 3.05) is 0 Å². The minimum Gasteiger partial charge on any atom is -0.478 e. The molecule has 2 aromatic heterocycles. The third-order valence-electron chi connectivity index (χ3n) is 1.63. The smallest absolute Gasteiger partial charge is 0.339 e. The third kappa shape index (κ3) is 1.84. The summed E-state index contributed by atoms with van der Waals surface area (Å²) in [5.41, 5.74) is 0.0247. The molecule has 0 aliphatic rings. The lowest BCUT2D eigenvalue weighted by Gasteiger charge is -2.03. The van der Waals surface area contributed by atoms with Gasteiger partial charge >= 0.3 is 5.97 Å². The summed E-state index contributed by atoms with van der Waals surface area (Å²) in [4.78, 5) is 14.9. The lowest BCUT2D eigenvalue weighted by Crippen LogP contribution is -2.08. The zero-order valence-corrected chi connectivity index (χ0v) is 8.79.